The molecule has 0 bridgehead atoms. The first-order valence-corrected chi connectivity index (χ1v) is 6.92. The number of benzene rings is 1. The highest BCUT2D eigenvalue weighted by Gasteiger charge is 2.28. The molecule has 0 aliphatic carbocycles. The second-order valence-corrected chi connectivity index (χ2v) is 5.78. The molecule has 2 nitrogen and oxygen atoms in total. The van der Waals surface area contributed by atoms with Gasteiger partial charge >= 0.3 is 0 Å². The summed E-state index contributed by atoms with van der Waals surface area (Å²) < 4.78 is 18.0. The quantitative estimate of drug-likeness (QED) is 0.730. The fraction of sp³-hybridized carbons (Fsp3) is 0.625. The van der Waals surface area contributed by atoms with E-state index in [1.54, 1.807) is 7.11 Å². The monoisotopic (exact) mass is 267 g/mol. The van der Waals surface area contributed by atoms with Gasteiger partial charge in [-0.1, -0.05) is 32.9 Å². The largest absolute Gasteiger partial charge is 0.383 e. The van der Waals surface area contributed by atoms with E-state index in [-0.39, 0.29) is 11.2 Å². The topological polar surface area (TPSA) is 21.3 Å². The Bertz CT molecular complexity index is 364. The van der Waals surface area contributed by atoms with Crippen LogP contribution in [0.3, 0.4) is 0 Å². The average molecular weight is 267 g/mol. The number of nitrogens with one attached hydrogen (secondary N) is 1. The lowest BCUT2D eigenvalue weighted by Gasteiger charge is -2.34. The number of rotatable bonds is 8. The van der Waals surface area contributed by atoms with Crippen LogP contribution in [0.15, 0.2) is 24.3 Å². The Morgan fingerprint density at radius 1 is 1.26 bits per heavy atom. The van der Waals surface area contributed by atoms with E-state index in [1.165, 1.54) is 17.7 Å². The molecular formula is C16H26FNO. The molecule has 3 heteroatoms. The molecule has 1 rings (SSSR count). The Hall–Kier alpha value is -0.930. The van der Waals surface area contributed by atoms with Crippen LogP contribution in [0, 0.1) is 17.2 Å². The van der Waals surface area contributed by atoms with Crippen LogP contribution in [0.5, 0.6) is 0 Å². The summed E-state index contributed by atoms with van der Waals surface area (Å²) in [4.78, 5) is 0. The first-order valence-electron chi connectivity index (χ1n) is 6.92. The molecule has 0 spiro atoms. The minimum atomic E-state index is -0.173. The molecule has 0 aromatic heterocycles. The highest BCUT2D eigenvalue weighted by molar-refractivity contribution is 5.18. The average Bonchev–Trinajstić information content (AvgIpc) is 2.37. The molecule has 0 amide bonds. The van der Waals surface area contributed by atoms with Gasteiger partial charge in [0.25, 0.3) is 0 Å². The number of methoxy groups -OCH3 is 1. The Morgan fingerprint density at radius 2 is 1.89 bits per heavy atom. The van der Waals surface area contributed by atoms with Crippen LogP contribution in [0.1, 0.15) is 26.3 Å². The van der Waals surface area contributed by atoms with Crippen LogP contribution in [0.25, 0.3) is 0 Å². The van der Waals surface area contributed by atoms with Gasteiger partial charge in [-0.2, -0.15) is 0 Å². The molecule has 0 radical (unpaired) electrons. The van der Waals surface area contributed by atoms with E-state index in [4.69, 9.17) is 4.74 Å². The van der Waals surface area contributed by atoms with E-state index in [0.29, 0.717) is 5.92 Å². The van der Waals surface area contributed by atoms with Gasteiger partial charge in [-0.15, -0.1) is 0 Å². The molecule has 1 aromatic carbocycles. The Kier molecular flexibility index (Phi) is 6.46. The van der Waals surface area contributed by atoms with Crippen molar-refractivity contribution in [2.24, 2.45) is 11.3 Å². The van der Waals surface area contributed by atoms with Gasteiger partial charge in [0.1, 0.15) is 5.82 Å². The SMILES string of the molecule is COCCNCC(C)(Cc1ccc(F)cc1)C(C)C. The highest BCUT2D eigenvalue weighted by Crippen LogP contribution is 2.30. The molecule has 1 atom stereocenters. The summed E-state index contributed by atoms with van der Waals surface area (Å²) in [5, 5.41) is 3.44. The van der Waals surface area contributed by atoms with Crippen LogP contribution in [0.4, 0.5) is 4.39 Å². The van der Waals surface area contributed by atoms with Gasteiger partial charge < -0.3 is 10.1 Å². The lowest BCUT2D eigenvalue weighted by molar-refractivity contribution is 0.175. The Labute approximate surface area is 116 Å². The summed E-state index contributed by atoms with van der Waals surface area (Å²) in [5.74, 6) is 0.376. The van der Waals surface area contributed by atoms with Gasteiger partial charge in [-0.25, -0.2) is 4.39 Å². The van der Waals surface area contributed by atoms with Crippen LogP contribution >= 0.6 is 0 Å². The van der Waals surface area contributed by atoms with Gasteiger partial charge in [0.15, 0.2) is 0 Å². The van der Waals surface area contributed by atoms with Gasteiger partial charge in [-0.3, -0.25) is 0 Å². The summed E-state index contributed by atoms with van der Waals surface area (Å²) in [7, 11) is 1.71. The number of ether oxygens (including phenoxy) is 1. The predicted octanol–water partition coefficient (Wildman–Crippen LogP) is 3.27. The van der Waals surface area contributed by atoms with Crippen molar-refractivity contribution >= 4 is 0 Å². The number of hydrogen-bond acceptors (Lipinski definition) is 2. The second-order valence-electron chi connectivity index (χ2n) is 5.78. The zero-order chi connectivity index (χ0) is 14.3. The molecule has 0 heterocycles. The third-order valence-electron chi connectivity index (χ3n) is 3.93. The van der Waals surface area contributed by atoms with E-state index in [0.717, 1.165) is 26.1 Å². The van der Waals surface area contributed by atoms with Crippen LogP contribution < -0.4 is 5.32 Å². The Morgan fingerprint density at radius 3 is 2.42 bits per heavy atom. The molecule has 108 valence electrons. The number of hydrogen-bond donors (Lipinski definition) is 1. The first kappa shape index (κ1) is 16.1. The molecule has 0 saturated carbocycles. The molecule has 1 N–H and O–H groups in total. The fourth-order valence-corrected chi connectivity index (χ4v) is 2.09. The van der Waals surface area contributed by atoms with Crippen molar-refractivity contribution < 1.29 is 9.13 Å². The predicted molar refractivity (Wildman–Crippen MR) is 77.8 cm³/mol. The van der Waals surface area contributed by atoms with E-state index in [2.05, 4.69) is 26.1 Å². The molecule has 19 heavy (non-hydrogen) atoms. The van der Waals surface area contributed by atoms with Gasteiger partial charge in [-0.05, 0) is 35.4 Å². The van der Waals surface area contributed by atoms with Gasteiger partial charge in [0.2, 0.25) is 0 Å². The van der Waals surface area contributed by atoms with Crippen LogP contribution in [0.2, 0.25) is 0 Å². The molecule has 0 fully saturated rings. The van der Waals surface area contributed by atoms with Gasteiger partial charge in [0.05, 0.1) is 6.61 Å². The third kappa shape index (κ3) is 5.29. The number of halogens is 1. The normalized spacial score (nSPS) is 14.6. The summed E-state index contributed by atoms with van der Waals surface area (Å²) in [6.45, 7) is 9.28. The maximum atomic E-state index is 12.9. The minimum Gasteiger partial charge on any atom is -0.383 e. The van der Waals surface area contributed by atoms with Crippen molar-refractivity contribution in [3.8, 4) is 0 Å². The molecule has 1 aromatic rings. The maximum absolute atomic E-state index is 12.9. The van der Waals surface area contributed by atoms with Crippen LogP contribution in [-0.4, -0.2) is 26.8 Å². The molecule has 0 saturated heterocycles. The highest BCUT2D eigenvalue weighted by atomic mass is 19.1. The second kappa shape index (κ2) is 7.61. The zero-order valence-electron chi connectivity index (χ0n) is 12.5. The lowest BCUT2D eigenvalue weighted by Crippen LogP contribution is -2.39. The molecule has 1 unspecified atom stereocenters. The molecular weight excluding hydrogens is 241 g/mol. The van der Waals surface area contributed by atoms with Crippen molar-refractivity contribution in [3.05, 3.63) is 35.6 Å². The van der Waals surface area contributed by atoms with E-state index < -0.39 is 0 Å². The van der Waals surface area contributed by atoms with Crippen LogP contribution in [-0.2, 0) is 11.2 Å². The third-order valence-corrected chi connectivity index (χ3v) is 3.93. The van der Waals surface area contributed by atoms with E-state index in [1.807, 2.05) is 12.1 Å². The van der Waals surface area contributed by atoms with E-state index >= 15 is 0 Å². The fourth-order valence-electron chi connectivity index (χ4n) is 2.09. The first-order chi connectivity index (χ1) is 8.98. The summed E-state index contributed by atoms with van der Waals surface area (Å²) in [6, 6.07) is 6.83. The summed E-state index contributed by atoms with van der Waals surface area (Å²) in [6.07, 6.45) is 0.949. The molecule has 0 aliphatic rings. The lowest BCUT2D eigenvalue weighted by atomic mass is 9.74. The van der Waals surface area contributed by atoms with E-state index in [9.17, 15) is 4.39 Å². The summed E-state index contributed by atoms with van der Waals surface area (Å²) >= 11 is 0. The molecule has 0 aliphatic heterocycles. The van der Waals surface area contributed by atoms with Crippen molar-refractivity contribution in [2.75, 3.05) is 26.8 Å². The maximum Gasteiger partial charge on any atom is 0.123 e. The Balaban J connectivity index is 2.62. The minimum absolute atomic E-state index is 0.158. The van der Waals surface area contributed by atoms with Crippen molar-refractivity contribution in [2.45, 2.75) is 27.2 Å². The van der Waals surface area contributed by atoms with Crippen molar-refractivity contribution in [1.82, 2.24) is 5.32 Å². The van der Waals surface area contributed by atoms with Crippen molar-refractivity contribution in [3.63, 3.8) is 0 Å². The van der Waals surface area contributed by atoms with Gasteiger partial charge in [0, 0.05) is 20.2 Å². The summed E-state index contributed by atoms with van der Waals surface area (Å²) in [5.41, 5.74) is 1.34. The van der Waals surface area contributed by atoms with Crippen molar-refractivity contribution in [1.29, 1.82) is 0 Å². The smallest absolute Gasteiger partial charge is 0.123 e. The standard InChI is InChI=1S/C16H26FNO/c1-13(2)16(3,12-18-9-10-19-4)11-14-5-7-15(17)8-6-14/h5-8,13,18H,9-12H2,1-4H3. The zero-order valence-corrected chi connectivity index (χ0v) is 12.5.